The van der Waals surface area contributed by atoms with Gasteiger partial charge < -0.3 is 5.11 Å². The predicted molar refractivity (Wildman–Crippen MR) is 54.9 cm³/mol. The minimum atomic E-state index is -1.46. The Kier molecular flexibility index (Phi) is 3.14. The molecule has 1 heterocycles. The van der Waals surface area contributed by atoms with Crippen LogP contribution < -0.4 is 0 Å². The number of hydrogen-bond donors (Lipinski definition) is 1. The summed E-state index contributed by atoms with van der Waals surface area (Å²) >= 11 is 11.3. The zero-order chi connectivity index (χ0) is 10.9. The summed E-state index contributed by atoms with van der Waals surface area (Å²) in [4.78, 5) is 15.3. The normalized spacial score (nSPS) is 11.5. The van der Waals surface area contributed by atoms with Crippen LogP contribution >= 0.6 is 23.2 Å². The zero-order valence-corrected chi connectivity index (χ0v) is 9.23. The van der Waals surface area contributed by atoms with Crippen molar-refractivity contribution in [2.24, 2.45) is 0 Å². The Morgan fingerprint density at radius 1 is 1.43 bits per heavy atom. The first-order chi connectivity index (χ1) is 6.32. The summed E-state index contributed by atoms with van der Waals surface area (Å²) in [6.07, 6.45) is 0. The molecule has 0 bridgehead atoms. The second-order valence-corrected chi connectivity index (χ2v) is 4.11. The molecule has 0 aliphatic heterocycles. The highest BCUT2D eigenvalue weighted by atomic mass is 35.5. The van der Waals surface area contributed by atoms with E-state index in [0.29, 0.717) is 0 Å². The molecule has 0 aromatic carbocycles. The van der Waals surface area contributed by atoms with E-state index in [9.17, 15) is 9.90 Å². The van der Waals surface area contributed by atoms with Gasteiger partial charge in [0.25, 0.3) is 0 Å². The number of aromatic nitrogens is 1. The van der Waals surface area contributed by atoms with Gasteiger partial charge >= 0.3 is 0 Å². The van der Waals surface area contributed by atoms with E-state index in [1.807, 2.05) is 0 Å². The fourth-order valence-corrected chi connectivity index (χ4v) is 1.34. The van der Waals surface area contributed by atoms with Gasteiger partial charge in [0.05, 0.1) is 5.56 Å². The summed E-state index contributed by atoms with van der Waals surface area (Å²) in [7, 11) is 0. The second kappa shape index (κ2) is 3.85. The molecule has 0 aliphatic rings. The Labute approximate surface area is 91.7 Å². The molecule has 76 valence electrons. The highest BCUT2D eigenvalue weighted by Gasteiger charge is 2.27. The summed E-state index contributed by atoms with van der Waals surface area (Å²) in [6, 6.07) is 2.89. The number of ketones is 1. The number of carbonyl (C=O) groups excluding carboxylic acids is 1. The van der Waals surface area contributed by atoms with E-state index in [1.54, 1.807) is 0 Å². The van der Waals surface area contributed by atoms with Gasteiger partial charge in [0.1, 0.15) is 15.9 Å². The topological polar surface area (TPSA) is 50.2 Å². The maximum Gasteiger partial charge on any atom is 0.196 e. The van der Waals surface area contributed by atoms with Crippen molar-refractivity contribution in [3.8, 4) is 0 Å². The van der Waals surface area contributed by atoms with Gasteiger partial charge in [0.2, 0.25) is 0 Å². The van der Waals surface area contributed by atoms with Gasteiger partial charge in [-0.25, -0.2) is 4.98 Å². The molecular formula is C9H9Cl2NO2. The van der Waals surface area contributed by atoms with Gasteiger partial charge in [-0.15, -0.1) is 0 Å². The maximum absolute atomic E-state index is 11.6. The third kappa shape index (κ3) is 2.44. The lowest BCUT2D eigenvalue weighted by Gasteiger charge is -2.15. The van der Waals surface area contributed by atoms with Crippen molar-refractivity contribution >= 4 is 29.0 Å². The first-order valence-corrected chi connectivity index (χ1v) is 4.67. The molecule has 5 heteroatoms. The average Bonchev–Trinajstić information content (AvgIpc) is 2.01. The third-order valence-electron chi connectivity index (χ3n) is 1.62. The second-order valence-electron chi connectivity index (χ2n) is 3.36. The molecule has 3 nitrogen and oxygen atoms in total. The summed E-state index contributed by atoms with van der Waals surface area (Å²) < 4.78 is 0. The molecule has 1 N–H and O–H groups in total. The molecule has 1 rings (SSSR count). The Bertz CT molecular complexity index is 372. The smallest absolute Gasteiger partial charge is 0.196 e. The Morgan fingerprint density at radius 3 is 2.43 bits per heavy atom. The zero-order valence-electron chi connectivity index (χ0n) is 7.71. The van der Waals surface area contributed by atoms with Crippen molar-refractivity contribution < 1.29 is 9.90 Å². The van der Waals surface area contributed by atoms with Crippen molar-refractivity contribution in [2.45, 2.75) is 19.4 Å². The molecule has 0 atom stereocenters. The van der Waals surface area contributed by atoms with Gasteiger partial charge in [-0.05, 0) is 26.0 Å². The number of Topliss-reactive ketones (excluding diaryl/α,β-unsaturated/α-hetero) is 1. The summed E-state index contributed by atoms with van der Waals surface area (Å²) in [6.45, 7) is 2.78. The average molecular weight is 234 g/mol. The minimum absolute atomic E-state index is 0.00428. The van der Waals surface area contributed by atoms with Crippen LogP contribution in [-0.4, -0.2) is 21.5 Å². The van der Waals surface area contributed by atoms with E-state index in [-0.39, 0.29) is 15.9 Å². The van der Waals surface area contributed by atoms with Gasteiger partial charge in [-0.3, -0.25) is 4.79 Å². The number of rotatable bonds is 2. The minimum Gasteiger partial charge on any atom is -0.382 e. The number of aliphatic hydroxyl groups is 1. The SMILES string of the molecule is CC(C)(O)C(=O)c1ccc(Cl)nc1Cl. The number of carbonyl (C=O) groups is 1. The Morgan fingerprint density at radius 2 is 2.00 bits per heavy atom. The number of halogens is 2. The molecule has 1 aromatic heterocycles. The van der Waals surface area contributed by atoms with Crippen LogP contribution in [0.1, 0.15) is 24.2 Å². The molecule has 0 unspecified atom stereocenters. The molecule has 0 amide bonds. The quantitative estimate of drug-likeness (QED) is 0.631. The van der Waals surface area contributed by atoms with E-state index >= 15 is 0 Å². The van der Waals surface area contributed by atoms with Crippen LogP contribution in [0.4, 0.5) is 0 Å². The Hall–Kier alpha value is -0.640. The van der Waals surface area contributed by atoms with Gasteiger partial charge in [-0.2, -0.15) is 0 Å². The summed E-state index contributed by atoms with van der Waals surface area (Å²) in [5.74, 6) is -0.480. The summed E-state index contributed by atoms with van der Waals surface area (Å²) in [5.41, 5.74) is -1.29. The lowest BCUT2D eigenvalue weighted by molar-refractivity contribution is 0.0487. The highest BCUT2D eigenvalue weighted by molar-refractivity contribution is 6.35. The number of hydrogen-bond acceptors (Lipinski definition) is 3. The van der Waals surface area contributed by atoms with Crippen molar-refractivity contribution in [2.75, 3.05) is 0 Å². The number of nitrogens with zero attached hydrogens (tertiary/aromatic N) is 1. The standard InChI is InChI=1S/C9H9Cl2NO2/c1-9(2,14)7(13)5-3-4-6(10)12-8(5)11/h3-4,14H,1-2H3. The predicted octanol–water partition coefficient (Wildman–Crippen LogP) is 2.34. The van der Waals surface area contributed by atoms with Crippen LogP contribution in [-0.2, 0) is 0 Å². The highest BCUT2D eigenvalue weighted by Crippen LogP contribution is 2.21. The van der Waals surface area contributed by atoms with Crippen LogP contribution in [0, 0.1) is 0 Å². The fraction of sp³-hybridized carbons (Fsp3) is 0.333. The van der Waals surface area contributed by atoms with E-state index in [4.69, 9.17) is 23.2 Å². The van der Waals surface area contributed by atoms with Gasteiger partial charge in [0, 0.05) is 0 Å². The van der Waals surface area contributed by atoms with Crippen LogP contribution in [0.15, 0.2) is 12.1 Å². The fourth-order valence-electron chi connectivity index (χ4n) is 0.911. The van der Waals surface area contributed by atoms with Gasteiger partial charge in [0.15, 0.2) is 5.78 Å². The molecule has 0 aliphatic carbocycles. The molecule has 0 saturated heterocycles. The van der Waals surface area contributed by atoms with Crippen molar-refractivity contribution in [1.82, 2.24) is 4.98 Å². The third-order valence-corrected chi connectivity index (χ3v) is 2.11. The molecule has 14 heavy (non-hydrogen) atoms. The van der Waals surface area contributed by atoms with Crippen molar-refractivity contribution in [1.29, 1.82) is 0 Å². The monoisotopic (exact) mass is 233 g/mol. The molecule has 0 radical (unpaired) electrons. The van der Waals surface area contributed by atoms with Gasteiger partial charge in [-0.1, -0.05) is 23.2 Å². The lowest BCUT2D eigenvalue weighted by atomic mass is 9.98. The molecule has 0 spiro atoms. The first-order valence-electron chi connectivity index (χ1n) is 3.91. The van der Waals surface area contributed by atoms with Crippen LogP contribution in [0.5, 0.6) is 0 Å². The van der Waals surface area contributed by atoms with Crippen molar-refractivity contribution in [3.63, 3.8) is 0 Å². The number of pyridine rings is 1. The van der Waals surface area contributed by atoms with E-state index in [2.05, 4.69) is 4.98 Å². The molecule has 0 fully saturated rings. The van der Waals surface area contributed by atoms with Crippen molar-refractivity contribution in [3.05, 3.63) is 28.0 Å². The van der Waals surface area contributed by atoms with Crippen LogP contribution in [0.25, 0.3) is 0 Å². The molecular weight excluding hydrogens is 225 g/mol. The molecule has 1 aromatic rings. The largest absolute Gasteiger partial charge is 0.382 e. The van der Waals surface area contributed by atoms with E-state index in [0.717, 1.165) is 0 Å². The van der Waals surface area contributed by atoms with Crippen LogP contribution in [0.3, 0.4) is 0 Å². The first kappa shape index (κ1) is 11.4. The lowest BCUT2D eigenvalue weighted by Crippen LogP contribution is -2.31. The Balaban J connectivity index is 3.15. The molecule has 0 saturated carbocycles. The summed E-state index contributed by atoms with van der Waals surface area (Å²) in [5, 5.41) is 9.68. The van der Waals surface area contributed by atoms with E-state index in [1.165, 1.54) is 26.0 Å². The van der Waals surface area contributed by atoms with Crippen LogP contribution in [0.2, 0.25) is 10.3 Å². The maximum atomic E-state index is 11.6. The van der Waals surface area contributed by atoms with E-state index < -0.39 is 11.4 Å².